The molecule has 2 aromatic rings. The van der Waals surface area contributed by atoms with Crippen LogP contribution in [0.3, 0.4) is 0 Å². The number of hydrogen-bond acceptors (Lipinski definition) is 3. The predicted molar refractivity (Wildman–Crippen MR) is 98.2 cm³/mol. The van der Waals surface area contributed by atoms with E-state index < -0.39 is 0 Å². The van der Waals surface area contributed by atoms with Crippen molar-refractivity contribution in [2.24, 2.45) is 5.92 Å². The monoisotopic (exact) mass is 341 g/mol. The minimum Gasteiger partial charge on any atom is -0.376 e. The third-order valence-electron chi connectivity index (χ3n) is 4.53. The lowest BCUT2D eigenvalue weighted by atomic mass is 10.0. The van der Waals surface area contributed by atoms with Gasteiger partial charge in [0.2, 0.25) is 0 Å². The number of carbonyl (C=O) groups excluding carboxylic acids is 1. The molecular weight excluding hydrogens is 314 g/mol. The number of nitrogens with one attached hydrogen (secondary N) is 1. The Kier molecular flexibility index (Phi) is 5.53. The lowest BCUT2D eigenvalue weighted by molar-refractivity contribution is 0.0856. The molecule has 0 saturated carbocycles. The molecule has 1 saturated heterocycles. The first-order valence-electron chi connectivity index (χ1n) is 9.10. The zero-order valence-corrected chi connectivity index (χ0v) is 15.3. The molecule has 1 aromatic heterocycles. The van der Waals surface area contributed by atoms with Gasteiger partial charge in [0.15, 0.2) is 0 Å². The molecule has 1 amide bonds. The van der Waals surface area contributed by atoms with E-state index in [4.69, 9.17) is 9.84 Å². The number of ether oxygens (including phenoxy) is 1. The SMILES string of the molecule is Cc1c(C(=O)NC[C@H]2CCCO2)c(CC(C)C)nn1-c1ccccc1. The Labute approximate surface area is 149 Å². The molecule has 3 rings (SSSR count). The highest BCUT2D eigenvalue weighted by Crippen LogP contribution is 2.21. The van der Waals surface area contributed by atoms with E-state index in [2.05, 4.69) is 19.2 Å². The summed E-state index contributed by atoms with van der Waals surface area (Å²) in [4.78, 5) is 12.8. The van der Waals surface area contributed by atoms with E-state index in [0.717, 1.165) is 42.9 Å². The molecule has 5 nitrogen and oxygen atoms in total. The third kappa shape index (κ3) is 4.10. The van der Waals surface area contributed by atoms with Crippen molar-refractivity contribution in [3.63, 3.8) is 0 Å². The summed E-state index contributed by atoms with van der Waals surface area (Å²) < 4.78 is 7.48. The van der Waals surface area contributed by atoms with Gasteiger partial charge in [-0.15, -0.1) is 0 Å². The molecule has 0 radical (unpaired) electrons. The van der Waals surface area contributed by atoms with E-state index in [-0.39, 0.29) is 12.0 Å². The van der Waals surface area contributed by atoms with Gasteiger partial charge >= 0.3 is 0 Å². The normalized spacial score (nSPS) is 17.2. The van der Waals surface area contributed by atoms with Gasteiger partial charge in [-0.25, -0.2) is 4.68 Å². The topological polar surface area (TPSA) is 56.1 Å². The fourth-order valence-electron chi connectivity index (χ4n) is 3.31. The molecule has 25 heavy (non-hydrogen) atoms. The van der Waals surface area contributed by atoms with E-state index in [9.17, 15) is 4.79 Å². The number of aromatic nitrogens is 2. The molecule has 1 fully saturated rings. The Morgan fingerprint density at radius 2 is 2.12 bits per heavy atom. The van der Waals surface area contributed by atoms with Gasteiger partial charge in [0.1, 0.15) is 0 Å². The van der Waals surface area contributed by atoms with Crippen LogP contribution in [0.1, 0.15) is 48.4 Å². The fraction of sp³-hybridized carbons (Fsp3) is 0.500. The summed E-state index contributed by atoms with van der Waals surface area (Å²) in [5.41, 5.74) is 3.42. The summed E-state index contributed by atoms with van der Waals surface area (Å²) in [6, 6.07) is 9.96. The zero-order chi connectivity index (χ0) is 17.8. The van der Waals surface area contributed by atoms with Crippen molar-refractivity contribution >= 4 is 5.91 Å². The first kappa shape index (κ1) is 17.7. The minimum absolute atomic E-state index is 0.0502. The van der Waals surface area contributed by atoms with Crippen molar-refractivity contribution in [2.75, 3.05) is 13.2 Å². The lowest BCUT2D eigenvalue weighted by Crippen LogP contribution is -2.32. The van der Waals surface area contributed by atoms with Gasteiger partial charge in [-0.3, -0.25) is 4.79 Å². The van der Waals surface area contributed by atoms with Gasteiger partial charge < -0.3 is 10.1 Å². The molecule has 2 heterocycles. The summed E-state index contributed by atoms with van der Waals surface area (Å²) in [7, 11) is 0. The van der Waals surface area contributed by atoms with Gasteiger partial charge in [-0.2, -0.15) is 5.10 Å². The molecule has 1 atom stereocenters. The first-order chi connectivity index (χ1) is 12.1. The number of hydrogen-bond donors (Lipinski definition) is 1. The van der Waals surface area contributed by atoms with Crippen LogP contribution in [0.15, 0.2) is 30.3 Å². The van der Waals surface area contributed by atoms with Gasteiger partial charge in [0, 0.05) is 13.2 Å². The van der Waals surface area contributed by atoms with Crippen molar-refractivity contribution in [1.29, 1.82) is 0 Å². The van der Waals surface area contributed by atoms with Crippen LogP contribution in [0.5, 0.6) is 0 Å². The average molecular weight is 341 g/mol. The Morgan fingerprint density at radius 1 is 1.36 bits per heavy atom. The third-order valence-corrected chi connectivity index (χ3v) is 4.53. The molecule has 134 valence electrons. The van der Waals surface area contributed by atoms with Crippen molar-refractivity contribution < 1.29 is 9.53 Å². The highest BCUT2D eigenvalue weighted by atomic mass is 16.5. The van der Waals surface area contributed by atoms with Crippen LogP contribution in [0, 0.1) is 12.8 Å². The molecule has 5 heteroatoms. The van der Waals surface area contributed by atoms with Crippen molar-refractivity contribution in [1.82, 2.24) is 15.1 Å². The van der Waals surface area contributed by atoms with E-state index in [0.29, 0.717) is 18.0 Å². The molecule has 1 N–H and O–H groups in total. The molecule has 1 aromatic carbocycles. The smallest absolute Gasteiger partial charge is 0.255 e. The molecule has 0 spiro atoms. The quantitative estimate of drug-likeness (QED) is 0.877. The second-order valence-electron chi connectivity index (χ2n) is 7.10. The first-order valence-corrected chi connectivity index (χ1v) is 9.10. The van der Waals surface area contributed by atoms with Crippen LogP contribution in [0.2, 0.25) is 0 Å². The Balaban J connectivity index is 1.87. The van der Waals surface area contributed by atoms with E-state index >= 15 is 0 Å². The van der Waals surface area contributed by atoms with Crippen LogP contribution in [-0.2, 0) is 11.2 Å². The van der Waals surface area contributed by atoms with Crippen LogP contribution < -0.4 is 5.32 Å². The second kappa shape index (κ2) is 7.83. The molecule has 0 unspecified atom stereocenters. The number of amides is 1. The molecule has 1 aliphatic rings. The molecule has 1 aliphatic heterocycles. The fourth-order valence-corrected chi connectivity index (χ4v) is 3.31. The maximum atomic E-state index is 12.8. The maximum Gasteiger partial charge on any atom is 0.255 e. The molecule has 0 bridgehead atoms. The highest BCUT2D eigenvalue weighted by molar-refractivity contribution is 5.96. The van der Waals surface area contributed by atoms with Gasteiger partial charge in [-0.05, 0) is 44.2 Å². The number of para-hydroxylation sites is 1. The number of rotatable bonds is 6. The van der Waals surface area contributed by atoms with Crippen LogP contribution in [0.25, 0.3) is 5.69 Å². The summed E-state index contributed by atoms with van der Waals surface area (Å²) in [5.74, 6) is 0.383. The average Bonchev–Trinajstić information content (AvgIpc) is 3.21. The van der Waals surface area contributed by atoms with Crippen molar-refractivity contribution in [3.8, 4) is 5.69 Å². The van der Waals surface area contributed by atoms with Gasteiger partial charge in [0.25, 0.3) is 5.91 Å². The largest absolute Gasteiger partial charge is 0.376 e. The summed E-state index contributed by atoms with van der Waals surface area (Å²) in [5, 5.41) is 7.79. The summed E-state index contributed by atoms with van der Waals surface area (Å²) in [6.07, 6.45) is 3.01. The van der Waals surface area contributed by atoms with Gasteiger partial charge in [-0.1, -0.05) is 32.0 Å². The predicted octanol–water partition coefficient (Wildman–Crippen LogP) is 3.29. The van der Waals surface area contributed by atoms with Crippen LogP contribution in [-0.4, -0.2) is 34.9 Å². The molecular formula is C20H27N3O2. The highest BCUT2D eigenvalue weighted by Gasteiger charge is 2.24. The number of benzene rings is 1. The lowest BCUT2D eigenvalue weighted by Gasteiger charge is -2.12. The molecule has 0 aliphatic carbocycles. The van der Waals surface area contributed by atoms with Crippen LogP contribution in [0.4, 0.5) is 0 Å². The number of nitrogens with zero attached hydrogens (tertiary/aromatic N) is 2. The maximum absolute atomic E-state index is 12.8. The Hall–Kier alpha value is -2.14. The van der Waals surface area contributed by atoms with E-state index in [1.165, 1.54) is 0 Å². The van der Waals surface area contributed by atoms with Crippen LogP contribution >= 0.6 is 0 Å². The Bertz CT molecular complexity index is 716. The Morgan fingerprint density at radius 3 is 2.76 bits per heavy atom. The standard InChI is InChI=1S/C20H27N3O2/c1-14(2)12-18-19(20(24)21-13-17-10-7-11-25-17)15(3)23(22-18)16-8-5-4-6-9-16/h4-6,8-9,14,17H,7,10-13H2,1-3H3,(H,21,24)/t17-/m1/s1. The van der Waals surface area contributed by atoms with E-state index in [1.807, 2.05) is 41.9 Å². The second-order valence-corrected chi connectivity index (χ2v) is 7.10. The van der Waals surface area contributed by atoms with Crippen molar-refractivity contribution in [3.05, 3.63) is 47.3 Å². The zero-order valence-electron chi connectivity index (χ0n) is 15.3. The summed E-state index contributed by atoms with van der Waals surface area (Å²) in [6.45, 7) is 7.61. The van der Waals surface area contributed by atoms with Gasteiger partial charge in [0.05, 0.1) is 28.7 Å². The number of carbonyl (C=O) groups is 1. The minimum atomic E-state index is -0.0502. The van der Waals surface area contributed by atoms with Crippen molar-refractivity contribution in [2.45, 2.75) is 46.1 Å². The summed E-state index contributed by atoms with van der Waals surface area (Å²) >= 11 is 0. The van der Waals surface area contributed by atoms with E-state index in [1.54, 1.807) is 0 Å².